The van der Waals surface area contributed by atoms with Crippen LogP contribution in [0.25, 0.3) is 0 Å². The lowest BCUT2D eigenvalue weighted by atomic mass is 10.1. The van der Waals surface area contributed by atoms with E-state index in [1.165, 1.54) is 0 Å². The average Bonchev–Trinajstić information content (AvgIpc) is 2.54. The van der Waals surface area contributed by atoms with Gasteiger partial charge in [0.25, 0.3) is 5.91 Å². The Labute approximate surface area is 137 Å². The molecule has 1 amide bonds. The second kappa shape index (κ2) is 7.79. The monoisotopic (exact) mass is 340 g/mol. The summed E-state index contributed by atoms with van der Waals surface area (Å²) in [4.78, 5) is 13.9. The van der Waals surface area contributed by atoms with Gasteiger partial charge in [0, 0.05) is 19.1 Å². The Morgan fingerprint density at radius 2 is 1.96 bits per heavy atom. The summed E-state index contributed by atoms with van der Waals surface area (Å²) in [6.45, 7) is 4.66. The number of ether oxygens (including phenoxy) is 1. The molecule has 0 aromatic heterocycles. The van der Waals surface area contributed by atoms with Crippen LogP contribution in [0.15, 0.2) is 24.3 Å². The van der Waals surface area contributed by atoms with E-state index >= 15 is 0 Å². The number of likely N-dealkylation sites (tertiary alicyclic amines) is 1. The van der Waals surface area contributed by atoms with Gasteiger partial charge in [-0.2, -0.15) is 0 Å². The molecule has 0 saturated carbocycles. The third-order valence-electron chi connectivity index (χ3n) is 4.02. The van der Waals surface area contributed by atoms with E-state index in [-0.39, 0.29) is 24.3 Å². The standard InChI is InChI=1S/C16H24N2O4S/c1-3-23(20,21)17-14-8-10-18(11-9-14)16(19)12-22-15-7-5-4-6-13(15)2/h4-7,14,17H,3,8-12H2,1-2H3. The summed E-state index contributed by atoms with van der Waals surface area (Å²) in [5.74, 6) is 0.729. The maximum absolute atomic E-state index is 12.2. The van der Waals surface area contributed by atoms with Gasteiger partial charge in [-0.1, -0.05) is 18.2 Å². The highest BCUT2D eigenvalue weighted by Gasteiger charge is 2.25. The number of nitrogens with zero attached hydrogens (tertiary/aromatic N) is 1. The fraction of sp³-hybridized carbons (Fsp3) is 0.562. The molecule has 23 heavy (non-hydrogen) atoms. The molecule has 1 heterocycles. The number of hydrogen-bond acceptors (Lipinski definition) is 4. The van der Waals surface area contributed by atoms with E-state index in [9.17, 15) is 13.2 Å². The molecule has 1 aromatic carbocycles. The number of amides is 1. The van der Waals surface area contributed by atoms with Crippen molar-refractivity contribution in [3.8, 4) is 5.75 Å². The number of hydrogen-bond donors (Lipinski definition) is 1. The van der Waals surface area contributed by atoms with Crippen molar-refractivity contribution in [2.24, 2.45) is 0 Å². The van der Waals surface area contributed by atoms with Crippen molar-refractivity contribution < 1.29 is 17.9 Å². The minimum atomic E-state index is -3.19. The van der Waals surface area contributed by atoms with Gasteiger partial charge in [0.15, 0.2) is 6.61 Å². The Morgan fingerprint density at radius 3 is 2.57 bits per heavy atom. The minimum absolute atomic E-state index is 0.0101. The van der Waals surface area contributed by atoms with Crippen LogP contribution in [-0.4, -0.2) is 50.7 Å². The van der Waals surface area contributed by atoms with Crippen LogP contribution < -0.4 is 9.46 Å². The third kappa shape index (κ3) is 5.21. The second-order valence-corrected chi connectivity index (χ2v) is 7.77. The van der Waals surface area contributed by atoms with Crippen molar-refractivity contribution in [2.45, 2.75) is 32.7 Å². The summed E-state index contributed by atoms with van der Waals surface area (Å²) in [6.07, 6.45) is 1.27. The normalized spacial score (nSPS) is 16.3. The number of para-hydroxylation sites is 1. The third-order valence-corrected chi connectivity index (χ3v) is 5.47. The van der Waals surface area contributed by atoms with Crippen LogP contribution in [0.4, 0.5) is 0 Å². The lowest BCUT2D eigenvalue weighted by Gasteiger charge is -2.32. The predicted octanol–water partition coefficient (Wildman–Crippen LogP) is 1.30. The molecule has 1 aliphatic heterocycles. The zero-order chi connectivity index (χ0) is 16.9. The van der Waals surface area contributed by atoms with Gasteiger partial charge in [-0.3, -0.25) is 4.79 Å². The SMILES string of the molecule is CCS(=O)(=O)NC1CCN(C(=O)COc2ccccc2C)CC1. The fourth-order valence-electron chi connectivity index (χ4n) is 2.53. The smallest absolute Gasteiger partial charge is 0.260 e. The van der Waals surface area contributed by atoms with Gasteiger partial charge < -0.3 is 9.64 Å². The Kier molecular flexibility index (Phi) is 6.01. The van der Waals surface area contributed by atoms with Gasteiger partial charge in [0.1, 0.15) is 5.75 Å². The van der Waals surface area contributed by atoms with Crippen molar-refractivity contribution in [2.75, 3.05) is 25.4 Å². The van der Waals surface area contributed by atoms with E-state index in [1.807, 2.05) is 31.2 Å². The quantitative estimate of drug-likeness (QED) is 0.847. The molecule has 0 radical (unpaired) electrons. The summed E-state index contributed by atoms with van der Waals surface area (Å²) >= 11 is 0. The Bertz CT molecular complexity index is 637. The molecule has 0 unspecified atom stereocenters. The number of aryl methyl sites for hydroxylation is 1. The summed E-state index contributed by atoms with van der Waals surface area (Å²) in [5, 5.41) is 0. The summed E-state index contributed by atoms with van der Waals surface area (Å²) in [7, 11) is -3.19. The highest BCUT2D eigenvalue weighted by Crippen LogP contribution is 2.17. The van der Waals surface area contributed by atoms with Crippen LogP contribution in [0.3, 0.4) is 0 Å². The molecule has 2 rings (SSSR count). The Hall–Kier alpha value is -1.60. The predicted molar refractivity (Wildman–Crippen MR) is 88.9 cm³/mol. The number of piperidine rings is 1. The van der Waals surface area contributed by atoms with E-state index in [4.69, 9.17) is 4.74 Å². The van der Waals surface area contributed by atoms with Gasteiger partial charge >= 0.3 is 0 Å². The van der Waals surface area contributed by atoms with Gasteiger partial charge in [-0.05, 0) is 38.3 Å². The van der Waals surface area contributed by atoms with E-state index in [0.29, 0.717) is 31.7 Å². The minimum Gasteiger partial charge on any atom is -0.484 e. The van der Waals surface area contributed by atoms with Crippen LogP contribution >= 0.6 is 0 Å². The number of benzene rings is 1. The van der Waals surface area contributed by atoms with Crippen molar-refractivity contribution in [1.29, 1.82) is 0 Å². The number of carbonyl (C=O) groups is 1. The topological polar surface area (TPSA) is 75.7 Å². The molecule has 1 N–H and O–H groups in total. The lowest BCUT2D eigenvalue weighted by molar-refractivity contribution is -0.134. The van der Waals surface area contributed by atoms with E-state index in [1.54, 1.807) is 11.8 Å². The number of sulfonamides is 1. The summed E-state index contributed by atoms with van der Waals surface area (Å²) in [6, 6.07) is 7.49. The van der Waals surface area contributed by atoms with Crippen molar-refractivity contribution in [3.63, 3.8) is 0 Å². The summed E-state index contributed by atoms with van der Waals surface area (Å²) < 4.78 is 31.4. The molecule has 128 valence electrons. The Morgan fingerprint density at radius 1 is 1.30 bits per heavy atom. The average molecular weight is 340 g/mol. The van der Waals surface area contributed by atoms with E-state index in [2.05, 4.69) is 4.72 Å². The van der Waals surface area contributed by atoms with Crippen molar-refractivity contribution in [1.82, 2.24) is 9.62 Å². The van der Waals surface area contributed by atoms with E-state index in [0.717, 1.165) is 5.56 Å². The molecule has 1 saturated heterocycles. The zero-order valence-electron chi connectivity index (χ0n) is 13.6. The zero-order valence-corrected chi connectivity index (χ0v) is 14.4. The number of nitrogens with one attached hydrogen (secondary N) is 1. The largest absolute Gasteiger partial charge is 0.484 e. The number of carbonyl (C=O) groups excluding carboxylic acids is 1. The molecule has 0 aliphatic carbocycles. The van der Waals surface area contributed by atoms with E-state index < -0.39 is 10.0 Å². The van der Waals surface area contributed by atoms with Crippen molar-refractivity contribution >= 4 is 15.9 Å². The van der Waals surface area contributed by atoms with Crippen LogP contribution in [-0.2, 0) is 14.8 Å². The number of rotatable bonds is 6. The molecular formula is C16H24N2O4S. The first-order valence-electron chi connectivity index (χ1n) is 7.87. The first-order chi connectivity index (χ1) is 10.9. The van der Waals surface area contributed by atoms with Gasteiger partial charge in [0.2, 0.25) is 10.0 Å². The van der Waals surface area contributed by atoms with Crippen molar-refractivity contribution in [3.05, 3.63) is 29.8 Å². The second-order valence-electron chi connectivity index (χ2n) is 5.73. The maximum atomic E-state index is 12.2. The molecule has 1 aromatic rings. The molecule has 0 bridgehead atoms. The first-order valence-corrected chi connectivity index (χ1v) is 9.52. The van der Waals surface area contributed by atoms with Gasteiger partial charge in [-0.25, -0.2) is 13.1 Å². The van der Waals surface area contributed by atoms with Crippen LogP contribution in [0, 0.1) is 6.92 Å². The van der Waals surface area contributed by atoms with Gasteiger partial charge in [0.05, 0.1) is 5.75 Å². The highest BCUT2D eigenvalue weighted by molar-refractivity contribution is 7.89. The lowest BCUT2D eigenvalue weighted by Crippen LogP contribution is -2.47. The molecular weight excluding hydrogens is 316 g/mol. The molecule has 1 aliphatic rings. The maximum Gasteiger partial charge on any atom is 0.260 e. The first kappa shape index (κ1) is 17.7. The molecule has 1 fully saturated rings. The molecule has 6 nitrogen and oxygen atoms in total. The highest BCUT2D eigenvalue weighted by atomic mass is 32.2. The van der Waals surface area contributed by atoms with Crippen LogP contribution in [0.5, 0.6) is 5.75 Å². The molecule has 0 atom stereocenters. The van der Waals surface area contributed by atoms with Crippen LogP contribution in [0.2, 0.25) is 0 Å². The van der Waals surface area contributed by atoms with Gasteiger partial charge in [-0.15, -0.1) is 0 Å². The fourth-order valence-corrected chi connectivity index (χ4v) is 3.44. The Balaban J connectivity index is 1.79. The summed E-state index contributed by atoms with van der Waals surface area (Å²) in [5.41, 5.74) is 0.994. The molecule has 7 heteroatoms. The molecule has 0 spiro atoms. The van der Waals surface area contributed by atoms with Crippen LogP contribution in [0.1, 0.15) is 25.3 Å².